The number of piperidine rings is 1. The molecule has 0 atom stereocenters. The van der Waals surface area contributed by atoms with Crippen molar-refractivity contribution in [2.24, 2.45) is 5.92 Å². The van der Waals surface area contributed by atoms with Crippen LogP contribution in [0.5, 0.6) is 0 Å². The Morgan fingerprint density at radius 3 is 2.56 bits per heavy atom. The van der Waals surface area contributed by atoms with Crippen molar-refractivity contribution in [1.82, 2.24) is 15.0 Å². The Morgan fingerprint density at radius 2 is 1.85 bits per heavy atom. The van der Waals surface area contributed by atoms with Gasteiger partial charge in [0.1, 0.15) is 0 Å². The van der Waals surface area contributed by atoms with Gasteiger partial charge in [-0.15, -0.1) is 0 Å². The highest BCUT2D eigenvalue weighted by atomic mass is 19.4. The van der Waals surface area contributed by atoms with Crippen molar-refractivity contribution in [3.8, 4) is 11.4 Å². The van der Waals surface area contributed by atoms with Gasteiger partial charge < -0.3 is 14.0 Å². The molecule has 6 nitrogen and oxygen atoms in total. The Labute approximate surface area is 154 Å². The van der Waals surface area contributed by atoms with E-state index in [-0.39, 0.29) is 17.7 Å². The third-order valence-electron chi connectivity index (χ3n) is 4.94. The number of benzene rings is 1. The van der Waals surface area contributed by atoms with Gasteiger partial charge >= 0.3 is 6.18 Å². The average molecular weight is 383 g/mol. The Morgan fingerprint density at radius 1 is 1.11 bits per heavy atom. The second-order valence-electron chi connectivity index (χ2n) is 6.81. The van der Waals surface area contributed by atoms with E-state index in [4.69, 9.17) is 14.0 Å². The largest absolute Gasteiger partial charge is 0.416 e. The Balaban J connectivity index is 1.36. The summed E-state index contributed by atoms with van der Waals surface area (Å²) < 4.78 is 54.9. The van der Waals surface area contributed by atoms with Crippen LogP contribution in [0.15, 0.2) is 28.8 Å². The molecule has 0 aliphatic carbocycles. The summed E-state index contributed by atoms with van der Waals surface area (Å²) in [5.41, 5.74) is -0.446. The second kappa shape index (κ2) is 7.57. The van der Waals surface area contributed by atoms with Crippen LogP contribution in [0.1, 0.15) is 24.3 Å². The highest BCUT2D eigenvalue weighted by Crippen LogP contribution is 2.31. The van der Waals surface area contributed by atoms with Crippen LogP contribution >= 0.6 is 0 Å². The van der Waals surface area contributed by atoms with Gasteiger partial charge in [0.05, 0.1) is 25.3 Å². The Bertz CT molecular complexity index is 766. The number of alkyl halides is 3. The third-order valence-corrected chi connectivity index (χ3v) is 4.94. The van der Waals surface area contributed by atoms with Gasteiger partial charge in [-0.3, -0.25) is 4.90 Å². The molecule has 146 valence electrons. The van der Waals surface area contributed by atoms with Gasteiger partial charge in [-0.25, -0.2) is 0 Å². The van der Waals surface area contributed by atoms with Gasteiger partial charge in [-0.05, 0) is 38.1 Å². The highest BCUT2D eigenvalue weighted by Gasteiger charge is 2.32. The van der Waals surface area contributed by atoms with E-state index in [0.29, 0.717) is 31.6 Å². The fraction of sp³-hybridized carbons (Fsp3) is 0.556. The number of rotatable bonds is 4. The van der Waals surface area contributed by atoms with Crippen molar-refractivity contribution in [2.75, 3.05) is 26.3 Å². The SMILES string of the molecule is FC(F)(F)c1cccc(-c2noc(CN3CCC(C4OCCO4)CC3)n2)c1. The number of nitrogens with zero attached hydrogens (tertiary/aromatic N) is 3. The number of hydrogen-bond acceptors (Lipinski definition) is 6. The number of halogens is 3. The molecule has 0 bridgehead atoms. The Kier molecular flexibility index (Phi) is 5.16. The van der Waals surface area contributed by atoms with Crippen molar-refractivity contribution in [2.45, 2.75) is 31.9 Å². The van der Waals surface area contributed by atoms with Crippen molar-refractivity contribution in [1.29, 1.82) is 0 Å². The standard InChI is InChI=1S/C18H20F3N3O3/c19-18(20,21)14-3-1-2-13(10-14)16-22-15(27-23-16)11-24-6-4-12(5-7-24)17-25-8-9-26-17/h1-3,10,12,17H,4-9,11H2. The molecule has 1 aromatic carbocycles. The van der Waals surface area contributed by atoms with Crippen molar-refractivity contribution in [3.05, 3.63) is 35.7 Å². The molecule has 2 aromatic rings. The maximum absolute atomic E-state index is 12.9. The van der Waals surface area contributed by atoms with Crippen molar-refractivity contribution in [3.63, 3.8) is 0 Å². The first kappa shape index (κ1) is 18.4. The fourth-order valence-electron chi connectivity index (χ4n) is 3.49. The van der Waals surface area contributed by atoms with Crippen LogP contribution in [0, 0.1) is 5.92 Å². The molecule has 0 N–H and O–H groups in total. The summed E-state index contributed by atoms with van der Waals surface area (Å²) in [7, 11) is 0. The molecule has 0 amide bonds. The van der Waals surface area contributed by atoms with E-state index in [2.05, 4.69) is 15.0 Å². The molecule has 2 saturated heterocycles. The van der Waals surface area contributed by atoms with E-state index in [9.17, 15) is 13.2 Å². The lowest BCUT2D eigenvalue weighted by Gasteiger charge is -2.32. The number of likely N-dealkylation sites (tertiary alicyclic amines) is 1. The zero-order valence-electron chi connectivity index (χ0n) is 14.6. The quantitative estimate of drug-likeness (QED) is 0.807. The molecule has 3 heterocycles. The summed E-state index contributed by atoms with van der Waals surface area (Å²) in [4.78, 5) is 6.45. The zero-order chi connectivity index (χ0) is 18.9. The summed E-state index contributed by atoms with van der Waals surface area (Å²) >= 11 is 0. The predicted octanol–water partition coefficient (Wildman–Crippen LogP) is 3.34. The van der Waals surface area contributed by atoms with E-state index < -0.39 is 11.7 Å². The second-order valence-corrected chi connectivity index (χ2v) is 6.81. The summed E-state index contributed by atoms with van der Waals surface area (Å²) in [5, 5.41) is 3.83. The first-order valence-corrected chi connectivity index (χ1v) is 8.95. The van der Waals surface area contributed by atoms with Gasteiger partial charge in [0.2, 0.25) is 11.7 Å². The fourth-order valence-corrected chi connectivity index (χ4v) is 3.49. The van der Waals surface area contributed by atoms with Crippen LogP contribution in [0.4, 0.5) is 13.2 Å². The molecular weight excluding hydrogens is 363 g/mol. The van der Waals surface area contributed by atoms with E-state index in [1.165, 1.54) is 12.1 Å². The van der Waals surface area contributed by atoms with Gasteiger partial charge in [-0.1, -0.05) is 17.3 Å². The van der Waals surface area contributed by atoms with Crippen LogP contribution in [0.3, 0.4) is 0 Å². The summed E-state index contributed by atoms with van der Waals surface area (Å²) in [5.74, 6) is 0.958. The zero-order valence-corrected chi connectivity index (χ0v) is 14.6. The smallest absolute Gasteiger partial charge is 0.350 e. The van der Waals surface area contributed by atoms with E-state index in [0.717, 1.165) is 38.1 Å². The van der Waals surface area contributed by atoms with Crippen LogP contribution in [0.25, 0.3) is 11.4 Å². The van der Waals surface area contributed by atoms with Crippen LogP contribution in [-0.2, 0) is 22.2 Å². The lowest BCUT2D eigenvalue weighted by atomic mass is 9.96. The van der Waals surface area contributed by atoms with E-state index in [1.54, 1.807) is 0 Å². The summed E-state index contributed by atoms with van der Waals surface area (Å²) in [6, 6.07) is 4.93. The maximum Gasteiger partial charge on any atom is 0.416 e. The number of hydrogen-bond donors (Lipinski definition) is 0. The molecule has 0 unspecified atom stereocenters. The predicted molar refractivity (Wildman–Crippen MR) is 88.4 cm³/mol. The minimum Gasteiger partial charge on any atom is -0.350 e. The van der Waals surface area contributed by atoms with Gasteiger partial charge in [0, 0.05) is 11.5 Å². The monoisotopic (exact) mass is 383 g/mol. The Hall–Kier alpha value is -1.97. The van der Waals surface area contributed by atoms with Crippen LogP contribution in [0.2, 0.25) is 0 Å². The molecule has 4 rings (SSSR count). The third kappa shape index (κ3) is 4.31. The maximum atomic E-state index is 12.9. The molecule has 2 aliphatic heterocycles. The number of aromatic nitrogens is 2. The van der Waals surface area contributed by atoms with Gasteiger partial charge in [0.15, 0.2) is 6.29 Å². The van der Waals surface area contributed by atoms with Crippen LogP contribution < -0.4 is 0 Å². The summed E-state index contributed by atoms with van der Waals surface area (Å²) in [6.07, 6.45) is -2.58. The normalized spacial score (nSPS) is 20.4. The minimum absolute atomic E-state index is 0.0944. The highest BCUT2D eigenvalue weighted by molar-refractivity contribution is 5.55. The van der Waals surface area contributed by atoms with E-state index >= 15 is 0 Å². The lowest BCUT2D eigenvalue weighted by Crippen LogP contribution is -2.37. The molecule has 0 saturated carbocycles. The summed E-state index contributed by atoms with van der Waals surface area (Å²) in [6.45, 7) is 3.51. The average Bonchev–Trinajstić information content (AvgIpc) is 3.34. The van der Waals surface area contributed by atoms with Gasteiger partial charge in [0.25, 0.3) is 0 Å². The molecule has 1 aromatic heterocycles. The first-order chi connectivity index (χ1) is 13.0. The lowest BCUT2D eigenvalue weighted by molar-refractivity contribution is -0.137. The van der Waals surface area contributed by atoms with E-state index in [1.807, 2.05) is 0 Å². The topological polar surface area (TPSA) is 60.6 Å². The first-order valence-electron chi connectivity index (χ1n) is 8.95. The van der Waals surface area contributed by atoms with Crippen molar-refractivity contribution >= 4 is 0 Å². The molecule has 2 fully saturated rings. The molecular formula is C18H20F3N3O3. The molecule has 0 radical (unpaired) electrons. The van der Waals surface area contributed by atoms with Crippen LogP contribution in [-0.4, -0.2) is 47.6 Å². The van der Waals surface area contributed by atoms with Gasteiger partial charge in [-0.2, -0.15) is 18.2 Å². The molecule has 2 aliphatic rings. The van der Waals surface area contributed by atoms with Crippen molar-refractivity contribution < 1.29 is 27.2 Å². The molecule has 27 heavy (non-hydrogen) atoms. The number of ether oxygens (including phenoxy) is 2. The molecule has 0 spiro atoms. The minimum atomic E-state index is -4.40. The molecule has 9 heteroatoms.